The molecule has 0 aliphatic rings. The van der Waals surface area contributed by atoms with Gasteiger partial charge in [0.05, 0.1) is 0 Å². The Morgan fingerprint density at radius 1 is 1.46 bits per heavy atom. The van der Waals surface area contributed by atoms with Crippen LogP contribution in [0.1, 0.15) is 30.5 Å². The van der Waals surface area contributed by atoms with Crippen molar-refractivity contribution in [3.8, 4) is 0 Å². The maximum atomic E-state index is 13.2. The van der Waals surface area contributed by atoms with Crippen molar-refractivity contribution in [2.24, 2.45) is 11.5 Å². The fraction of sp³-hybridized carbons (Fsp3) is 0.400. The van der Waals surface area contributed by atoms with Crippen molar-refractivity contribution >= 4 is 0 Å². The smallest absolute Gasteiger partial charge is 0.128 e. The molecule has 1 atom stereocenters. The molecule has 1 unspecified atom stereocenters. The molecule has 3 heteroatoms. The molecule has 0 aromatic heterocycles. The maximum Gasteiger partial charge on any atom is 0.128 e. The number of rotatable bonds is 3. The van der Waals surface area contributed by atoms with Crippen LogP contribution in [0.2, 0.25) is 0 Å². The molecule has 13 heavy (non-hydrogen) atoms. The first-order valence-corrected chi connectivity index (χ1v) is 4.43. The average Bonchev–Trinajstić information content (AvgIpc) is 2.16. The van der Waals surface area contributed by atoms with E-state index in [1.54, 1.807) is 6.07 Å². The second-order valence-corrected chi connectivity index (χ2v) is 3.07. The third-order valence-corrected chi connectivity index (χ3v) is 2.17. The van der Waals surface area contributed by atoms with Crippen molar-refractivity contribution in [3.05, 3.63) is 35.1 Å². The van der Waals surface area contributed by atoms with Crippen LogP contribution < -0.4 is 11.5 Å². The van der Waals surface area contributed by atoms with E-state index < -0.39 is 0 Å². The van der Waals surface area contributed by atoms with Crippen LogP contribution in [-0.2, 0) is 6.54 Å². The van der Waals surface area contributed by atoms with Crippen LogP contribution in [-0.4, -0.2) is 0 Å². The molecule has 0 saturated heterocycles. The topological polar surface area (TPSA) is 52.0 Å². The third-order valence-electron chi connectivity index (χ3n) is 2.17. The minimum absolute atomic E-state index is 0.0821. The van der Waals surface area contributed by atoms with Crippen molar-refractivity contribution < 1.29 is 4.39 Å². The van der Waals surface area contributed by atoms with Gasteiger partial charge in [-0.25, -0.2) is 4.39 Å². The number of nitrogens with two attached hydrogens (primary N) is 2. The van der Waals surface area contributed by atoms with Gasteiger partial charge < -0.3 is 11.5 Å². The summed E-state index contributed by atoms with van der Waals surface area (Å²) in [5, 5.41) is 0. The Balaban J connectivity index is 2.95. The normalized spacial score (nSPS) is 12.9. The standard InChI is InChI=1S/C10H15FN2/c1-2-10(13)7-3-4-8(6-12)9(11)5-7/h3-5,10H,2,6,12-13H2,1H3. The van der Waals surface area contributed by atoms with Gasteiger partial charge in [0.2, 0.25) is 0 Å². The molecular formula is C10H15FN2. The highest BCUT2D eigenvalue weighted by Gasteiger charge is 2.06. The van der Waals surface area contributed by atoms with Crippen molar-refractivity contribution in [1.29, 1.82) is 0 Å². The fourth-order valence-corrected chi connectivity index (χ4v) is 1.20. The summed E-state index contributed by atoms with van der Waals surface area (Å²) in [6.07, 6.45) is 0.807. The van der Waals surface area contributed by atoms with Crippen LogP contribution in [0.15, 0.2) is 18.2 Å². The number of hydrogen-bond donors (Lipinski definition) is 2. The van der Waals surface area contributed by atoms with E-state index in [1.807, 2.05) is 13.0 Å². The Kier molecular flexibility index (Phi) is 3.39. The first-order chi connectivity index (χ1) is 6.19. The van der Waals surface area contributed by atoms with E-state index >= 15 is 0 Å². The fourth-order valence-electron chi connectivity index (χ4n) is 1.20. The average molecular weight is 182 g/mol. The second kappa shape index (κ2) is 4.35. The van der Waals surface area contributed by atoms with Gasteiger partial charge in [0.25, 0.3) is 0 Å². The monoisotopic (exact) mass is 182 g/mol. The SMILES string of the molecule is CCC(N)c1ccc(CN)c(F)c1. The van der Waals surface area contributed by atoms with Crippen LogP contribution in [0.25, 0.3) is 0 Å². The second-order valence-electron chi connectivity index (χ2n) is 3.07. The Morgan fingerprint density at radius 3 is 2.62 bits per heavy atom. The summed E-state index contributed by atoms with van der Waals surface area (Å²) >= 11 is 0. The van der Waals surface area contributed by atoms with Gasteiger partial charge in [-0.15, -0.1) is 0 Å². The zero-order valence-electron chi connectivity index (χ0n) is 7.76. The summed E-state index contributed by atoms with van der Waals surface area (Å²) in [5.74, 6) is -0.260. The molecule has 1 aromatic carbocycles. The molecule has 0 heterocycles. The largest absolute Gasteiger partial charge is 0.326 e. The molecule has 0 bridgehead atoms. The number of benzene rings is 1. The van der Waals surface area contributed by atoms with Crippen LogP contribution in [0.5, 0.6) is 0 Å². The first kappa shape index (κ1) is 10.2. The van der Waals surface area contributed by atoms with Crippen molar-refractivity contribution in [2.75, 3.05) is 0 Å². The Bertz CT molecular complexity index is 286. The van der Waals surface area contributed by atoms with E-state index in [0.717, 1.165) is 12.0 Å². The van der Waals surface area contributed by atoms with Crippen molar-refractivity contribution in [3.63, 3.8) is 0 Å². The van der Waals surface area contributed by atoms with Crippen LogP contribution >= 0.6 is 0 Å². The van der Waals surface area contributed by atoms with E-state index in [0.29, 0.717) is 5.56 Å². The van der Waals surface area contributed by atoms with Crippen molar-refractivity contribution in [1.82, 2.24) is 0 Å². The number of hydrogen-bond acceptors (Lipinski definition) is 2. The lowest BCUT2D eigenvalue weighted by atomic mass is 10.0. The van der Waals surface area contributed by atoms with Gasteiger partial charge in [-0.2, -0.15) is 0 Å². The summed E-state index contributed by atoms with van der Waals surface area (Å²) in [4.78, 5) is 0. The minimum Gasteiger partial charge on any atom is -0.326 e. The Morgan fingerprint density at radius 2 is 2.15 bits per heavy atom. The molecule has 1 rings (SSSR count). The zero-order valence-corrected chi connectivity index (χ0v) is 7.76. The first-order valence-electron chi connectivity index (χ1n) is 4.43. The van der Waals surface area contributed by atoms with Crippen LogP contribution in [0.4, 0.5) is 4.39 Å². The maximum absolute atomic E-state index is 13.2. The third kappa shape index (κ3) is 2.26. The lowest BCUT2D eigenvalue weighted by Gasteiger charge is -2.10. The van der Waals surface area contributed by atoms with Gasteiger partial charge >= 0.3 is 0 Å². The van der Waals surface area contributed by atoms with Crippen molar-refractivity contribution in [2.45, 2.75) is 25.9 Å². The lowest BCUT2D eigenvalue weighted by Crippen LogP contribution is -2.10. The molecular weight excluding hydrogens is 167 g/mol. The minimum atomic E-state index is -0.260. The van der Waals surface area contributed by atoms with Gasteiger partial charge in [-0.3, -0.25) is 0 Å². The highest BCUT2D eigenvalue weighted by molar-refractivity contribution is 5.26. The molecule has 72 valence electrons. The predicted molar refractivity (Wildman–Crippen MR) is 51.5 cm³/mol. The zero-order chi connectivity index (χ0) is 9.84. The van der Waals surface area contributed by atoms with Gasteiger partial charge in [0.1, 0.15) is 5.82 Å². The summed E-state index contributed by atoms with van der Waals surface area (Å²) in [6.45, 7) is 2.20. The highest BCUT2D eigenvalue weighted by Crippen LogP contribution is 2.17. The van der Waals surface area contributed by atoms with E-state index in [2.05, 4.69) is 0 Å². The molecule has 0 spiro atoms. The molecule has 4 N–H and O–H groups in total. The highest BCUT2D eigenvalue weighted by atomic mass is 19.1. The van der Waals surface area contributed by atoms with Crippen LogP contribution in [0.3, 0.4) is 0 Å². The summed E-state index contributed by atoms with van der Waals surface area (Å²) in [5.41, 5.74) is 12.5. The Hall–Kier alpha value is -0.930. The molecule has 0 radical (unpaired) electrons. The molecule has 0 aliphatic carbocycles. The molecule has 0 aliphatic heterocycles. The summed E-state index contributed by atoms with van der Waals surface area (Å²) < 4.78 is 13.2. The van der Waals surface area contributed by atoms with Crippen LogP contribution in [0, 0.1) is 5.82 Å². The van der Waals surface area contributed by atoms with E-state index in [1.165, 1.54) is 6.07 Å². The van der Waals surface area contributed by atoms with E-state index in [9.17, 15) is 4.39 Å². The van der Waals surface area contributed by atoms with Gasteiger partial charge in [-0.1, -0.05) is 19.1 Å². The molecule has 2 nitrogen and oxygen atoms in total. The van der Waals surface area contributed by atoms with E-state index in [4.69, 9.17) is 11.5 Å². The number of halogens is 1. The van der Waals surface area contributed by atoms with Gasteiger partial charge in [0, 0.05) is 18.2 Å². The van der Waals surface area contributed by atoms with E-state index in [-0.39, 0.29) is 18.4 Å². The molecule has 0 amide bonds. The molecule has 0 fully saturated rings. The summed E-state index contributed by atoms with van der Waals surface area (Å²) in [6, 6.07) is 4.91. The lowest BCUT2D eigenvalue weighted by molar-refractivity contribution is 0.601. The van der Waals surface area contributed by atoms with Gasteiger partial charge in [0.15, 0.2) is 0 Å². The Labute approximate surface area is 77.7 Å². The predicted octanol–water partition coefficient (Wildman–Crippen LogP) is 1.69. The van der Waals surface area contributed by atoms with Gasteiger partial charge in [-0.05, 0) is 18.1 Å². The molecule has 1 aromatic rings. The molecule has 0 saturated carbocycles. The summed E-state index contributed by atoms with van der Waals surface area (Å²) in [7, 11) is 0. The quantitative estimate of drug-likeness (QED) is 0.747.